The van der Waals surface area contributed by atoms with E-state index in [-0.39, 0.29) is 0 Å². The molecule has 35 heavy (non-hydrogen) atoms. The van der Waals surface area contributed by atoms with Gasteiger partial charge in [-0.3, -0.25) is 0 Å². The molecule has 0 aromatic heterocycles. The van der Waals surface area contributed by atoms with Crippen LogP contribution in [0.2, 0.25) is 0 Å². The average Bonchev–Trinajstić information content (AvgIpc) is 2.83. The van der Waals surface area contributed by atoms with Gasteiger partial charge < -0.3 is 0 Å². The lowest BCUT2D eigenvalue weighted by molar-refractivity contribution is -0.137. The molecule has 0 unspecified atom stereocenters. The molecule has 0 amide bonds. The Labute approximate surface area is 204 Å². The molecule has 0 aliphatic carbocycles. The molecule has 0 bridgehead atoms. The van der Waals surface area contributed by atoms with Crippen molar-refractivity contribution in [3.8, 4) is 0 Å². The lowest BCUT2D eigenvalue weighted by Gasteiger charge is -2.40. The Morgan fingerprint density at radius 3 is 1.71 bits per heavy atom. The molecule has 0 atom stereocenters. The zero-order valence-electron chi connectivity index (χ0n) is 19.0. The first-order chi connectivity index (χ1) is 16.5. The number of aryl methyl sites for hydroxylation is 2. The van der Waals surface area contributed by atoms with Crippen molar-refractivity contribution in [1.82, 2.24) is 0 Å². The number of alkyl halides is 3. The maximum Gasteiger partial charge on any atom is 0.416 e. The van der Waals surface area contributed by atoms with E-state index in [1.807, 2.05) is 44.2 Å². The molecule has 3 nitrogen and oxygen atoms in total. The highest BCUT2D eigenvalue weighted by molar-refractivity contribution is 8.33. The monoisotopic (exact) mass is 516 g/mol. The minimum absolute atomic E-state index is 0.555. The Bertz CT molecular complexity index is 1400. The second kappa shape index (κ2) is 9.53. The summed E-state index contributed by atoms with van der Waals surface area (Å²) < 4.78 is 73.5. The maximum atomic E-state index is 13.7. The summed E-state index contributed by atoms with van der Waals surface area (Å²) in [7, 11) is -7.54. The highest BCUT2D eigenvalue weighted by Crippen LogP contribution is 2.71. The Morgan fingerprint density at radius 2 is 1.20 bits per heavy atom. The van der Waals surface area contributed by atoms with E-state index in [0.717, 1.165) is 29.3 Å². The predicted octanol–water partition coefficient (Wildman–Crippen LogP) is 7.92. The number of rotatable bonds is 6. The molecular formula is C27H23F3O3S2. The van der Waals surface area contributed by atoms with E-state index in [0.29, 0.717) is 20.8 Å². The number of hydrogen-bond acceptors (Lipinski definition) is 3. The Hall–Kier alpha value is -3.07. The summed E-state index contributed by atoms with van der Waals surface area (Å²) in [5.41, 5.74) is 0.738. The van der Waals surface area contributed by atoms with Gasteiger partial charge in [-0.2, -0.15) is 21.6 Å². The van der Waals surface area contributed by atoms with Crippen LogP contribution in [-0.4, -0.2) is 8.42 Å². The van der Waals surface area contributed by atoms with Crippen molar-refractivity contribution in [3.05, 3.63) is 120 Å². The van der Waals surface area contributed by atoms with E-state index in [2.05, 4.69) is 0 Å². The average molecular weight is 517 g/mol. The highest BCUT2D eigenvalue weighted by atomic mass is 32.3. The summed E-state index contributed by atoms with van der Waals surface area (Å²) in [6.07, 6.45) is -4.69. The molecule has 0 heterocycles. The molecule has 4 aromatic rings. The summed E-state index contributed by atoms with van der Waals surface area (Å²) in [4.78, 5) is 1.30. The van der Waals surface area contributed by atoms with Crippen LogP contribution in [0.3, 0.4) is 0 Å². The van der Waals surface area contributed by atoms with Crippen LogP contribution >= 0.6 is 10.3 Å². The zero-order valence-corrected chi connectivity index (χ0v) is 20.6. The first kappa shape index (κ1) is 25.0. The van der Waals surface area contributed by atoms with Gasteiger partial charge in [-0.15, -0.1) is 0 Å². The van der Waals surface area contributed by atoms with Crippen molar-refractivity contribution >= 4 is 20.4 Å². The van der Waals surface area contributed by atoms with Gasteiger partial charge in [0.2, 0.25) is 0 Å². The van der Waals surface area contributed by atoms with Crippen LogP contribution in [0.4, 0.5) is 13.2 Å². The summed E-state index contributed by atoms with van der Waals surface area (Å²) in [6.45, 7) is 3.80. The largest absolute Gasteiger partial charge is 0.416 e. The van der Waals surface area contributed by atoms with Crippen molar-refractivity contribution in [2.45, 2.75) is 39.6 Å². The van der Waals surface area contributed by atoms with Crippen LogP contribution in [-0.2, 0) is 19.9 Å². The zero-order chi connectivity index (χ0) is 25.3. The Morgan fingerprint density at radius 1 is 0.657 bits per heavy atom. The van der Waals surface area contributed by atoms with Gasteiger partial charge in [0.05, 0.1) is 10.5 Å². The SMILES string of the molecule is Cc1ccc(S(OS(=O)(=O)c2cccc(C(F)(F)F)c2)(c2ccccc2)c2ccccc2)c(C)c1. The third kappa shape index (κ3) is 5.00. The van der Waals surface area contributed by atoms with Gasteiger partial charge in [-0.05, 0) is 78.3 Å². The Kier molecular flexibility index (Phi) is 6.81. The van der Waals surface area contributed by atoms with Gasteiger partial charge in [0, 0.05) is 14.7 Å². The van der Waals surface area contributed by atoms with Gasteiger partial charge in [0.1, 0.15) is 0 Å². The van der Waals surface area contributed by atoms with E-state index in [1.165, 1.54) is 0 Å². The second-order valence-electron chi connectivity index (χ2n) is 8.00. The maximum absolute atomic E-state index is 13.7. The molecule has 0 N–H and O–H groups in total. The van der Waals surface area contributed by atoms with Crippen molar-refractivity contribution in [1.29, 1.82) is 0 Å². The molecule has 0 saturated carbocycles. The highest BCUT2D eigenvalue weighted by Gasteiger charge is 2.40. The number of benzene rings is 4. The summed E-state index contributed by atoms with van der Waals surface area (Å²) in [6, 6.07) is 27.1. The molecule has 0 radical (unpaired) electrons. The molecule has 0 aliphatic heterocycles. The van der Waals surface area contributed by atoms with Crippen LogP contribution in [0.25, 0.3) is 0 Å². The fraction of sp³-hybridized carbons (Fsp3) is 0.111. The van der Waals surface area contributed by atoms with Crippen molar-refractivity contribution < 1.29 is 25.2 Å². The normalized spacial score (nSPS) is 12.9. The van der Waals surface area contributed by atoms with Crippen molar-refractivity contribution in [2.24, 2.45) is 0 Å². The number of halogens is 3. The minimum atomic E-state index is -4.69. The van der Waals surface area contributed by atoms with Gasteiger partial charge in [0.25, 0.3) is 0 Å². The molecule has 0 spiro atoms. The van der Waals surface area contributed by atoms with E-state index >= 15 is 0 Å². The fourth-order valence-electron chi connectivity index (χ4n) is 3.85. The van der Waals surface area contributed by atoms with Crippen LogP contribution in [0.5, 0.6) is 0 Å². The van der Waals surface area contributed by atoms with Crippen molar-refractivity contribution in [3.63, 3.8) is 0 Å². The van der Waals surface area contributed by atoms with Gasteiger partial charge in [-0.1, -0.05) is 60.2 Å². The van der Waals surface area contributed by atoms with Crippen LogP contribution < -0.4 is 0 Å². The Balaban J connectivity index is 2.02. The third-order valence-electron chi connectivity index (χ3n) is 5.43. The fourth-order valence-corrected chi connectivity index (χ4v) is 9.31. The molecule has 182 valence electrons. The topological polar surface area (TPSA) is 43.4 Å². The van der Waals surface area contributed by atoms with Gasteiger partial charge in [0.15, 0.2) is 0 Å². The van der Waals surface area contributed by atoms with Gasteiger partial charge >= 0.3 is 16.3 Å². The molecular weight excluding hydrogens is 493 g/mol. The smallest absolute Gasteiger partial charge is 0.203 e. The lowest BCUT2D eigenvalue weighted by Crippen LogP contribution is -2.16. The standard InChI is InChI=1S/C27H23F3O3S2/c1-20-16-17-26(21(2)18-20)34(23-11-5-3-6-12-23,24-13-7-4-8-14-24)33-35(31,32)25-15-9-10-22(19-25)27(28,29)30/h3-19H,1-2H3. The molecule has 0 saturated heterocycles. The molecule has 8 heteroatoms. The summed E-state index contributed by atoms with van der Waals surface area (Å²) in [5, 5.41) is 0. The summed E-state index contributed by atoms with van der Waals surface area (Å²) in [5.74, 6) is 0. The minimum Gasteiger partial charge on any atom is -0.203 e. The third-order valence-corrected chi connectivity index (χ3v) is 10.7. The van der Waals surface area contributed by atoms with E-state index in [1.54, 1.807) is 48.5 Å². The van der Waals surface area contributed by atoms with E-state index in [9.17, 15) is 21.6 Å². The molecule has 4 aromatic carbocycles. The molecule has 0 fully saturated rings. The molecule has 0 aliphatic rings. The van der Waals surface area contributed by atoms with E-state index in [4.69, 9.17) is 3.63 Å². The van der Waals surface area contributed by atoms with Crippen molar-refractivity contribution in [2.75, 3.05) is 0 Å². The summed E-state index contributed by atoms with van der Waals surface area (Å²) >= 11 is 0. The van der Waals surface area contributed by atoms with Crippen LogP contribution in [0, 0.1) is 13.8 Å². The second-order valence-corrected chi connectivity index (χ2v) is 12.4. The van der Waals surface area contributed by atoms with Gasteiger partial charge in [-0.25, -0.2) is 3.63 Å². The predicted molar refractivity (Wildman–Crippen MR) is 131 cm³/mol. The van der Waals surface area contributed by atoms with Crippen LogP contribution in [0.15, 0.2) is 123 Å². The molecule has 4 rings (SSSR count). The lowest BCUT2D eigenvalue weighted by atomic mass is 10.2. The van der Waals surface area contributed by atoms with E-state index < -0.39 is 37.1 Å². The van der Waals surface area contributed by atoms with Crippen LogP contribution in [0.1, 0.15) is 16.7 Å². The number of hydrogen-bond donors (Lipinski definition) is 0. The first-order valence-corrected chi connectivity index (χ1v) is 13.6. The quantitative estimate of drug-likeness (QED) is 0.261. The first-order valence-electron chi connectivity index (χ1n) is 10.7.